The minimum absolute atomic E-state index is 0.0448. The first-order chi connectivity index (χ1) is 6.78. The minimum Gasteiger partial charge on any atom is -0.477 e. The highest BCUT2D eigenvalue weighted by molar-refractivity contribution is 5.24. The van der Waals surface area contributed by atoms with Gasteiger partial charge in [-0.2, -0.15) is 0 Å². The molecule has 14 heavy (non-hydrogen) atoms. The molecule has 0 saturated heterocycles. The van der Waals surface area contributed by atoms with Crippen LogP contribution in [-0.2, 0) is 6.61 Å². The number of aliphatic hydroxyl groups is 1. The lowest BCUT2D eigenvalue weighted by atomic mass is 10.2. The van der Waals surface area contributed by atoms with E-state index in [1.807, 2.05) is 13.0 Å². The standard InChI is InChI=1S/C11H15NO2/c1-8-4-10(6-13)5-11(12-8)14-7-9-2-3-9/h4-5,9,13H,2-3,6-7H2,1H3. The topological polar surface area (TPSA) is 42.4 Å². The van der Waals surface area contributed by atoms with Crippen molar-refractivity contribution in [3.8, 4) is 5.88 Å². The Morgan fingerprint density at radius 2 is 2.29 bits per heavy atom. The van der Waals surface area contributed by atoms with Gasteiger partial charge in [-0.15, -0.1) is 0 Å². The van der Waals surface area contributed by atoms with Crippen molar-refractivity contribution in [2.24, 2.45) is 5.92 Å². The molecular formula is C11H15NO2. The van der Waals surface area contributed by atoms with Gasteiger partial charge in [0.05, 0.1) is 13.2 Å². The summed E-state index contributed by atoms with van der Waals surface area (Å²) >= 11 is 0. The van der Waals surface area contributed by atoms with E-state index in [1.165, 1.54) is 12.8 Å². The number of aliphatic hydroxyl groups excluding tert-OH is 1. The van der Waals surface area contributed by atoms with E-state index in [-0.39, 0.29) is 6.61 Å². The second kappa shape index (κ2) is 3.96. The van der Waals surface area contributed by atoms with Crippen molar-refractivity contribution in [1.82, 2.24) is 4.98 Å². The molecule has 3 heteroatoms. The molecule has 1 aliphatic carbocycles. The summed E-state index contributed by atoms with van der Waals surface area (Å²) in [7, 11) is 0. The summed E-state index contributed by atoms with van der Waals surface area (Å²) in [5.41, 5.74) is 1.76. The van der Waals surface area contributed by atoms with E-state index in [2.05, 4.69) is 4.98 Å². The maximum Gasteiger partial charge on any atom is 0.213 e. The predicted molar refractivity (Wildman–Crippen MR) is 53.1 cm³/mol. The van der Waals surface area contributed by atoms with Crippen LogP contribution in [0.4, 0.5) is 0 Å². The minimum atomic E-state index is 0.0448. The largest absolute Gasteiger partial charge is 0.477 e. The fraction of sp³-hybridized carbons (Fsp3) is 0.545. The summed E-state index contributed by atoms with van der Waals surface area (Å²) in [6.07, 6.45) is 2.55. The van der Waals surface area contributed by atoms with Crippen LogP contribution in [0.15, 0.2) is 12.1 Å². The predicted octanol–water partition coefficient (Wildman–Crippen LogP) is 1.67. The van der Waals surface area contributed by atoms with Gasteiger partial charge in [0.15, 0.2) is 0 Å². The normalized spacial score (nSPS) is 15.6. The highest BCUT2D eigenvalue weighted by atomic mass is 16.5. The van der Waals surface area contributed by atoms with Gasteiger partial charge in [-0.05, 0) is 37.3 Å². The first-order valence-electron chi connectivity index (χ1n) is 4.99. The van der Waals surface area contributed by atoms with Gasteiger partial charge in [-0.3, -0.25) is 0 Å². The lowest BCUT2D eigenvalue weighted by Gasteiger charge is -2.06. The quantitative estimate of drug-likeness (QED) is 0.791. The van der Waals surface area contributed by atoms with Crippen LogP contribution in [0.25, 0.3) is 0 Å². The van der Waals surface area contributed by atoms with Crippen molar-refractivity contribution >= 4 is 0 Å². The Morgan fingerprint density at radius 3 is 2.93 bits per heavy atom. The number of hydrogen-bond donors (Lipinski definition) is 1. The molecule has 1 heterocycles. The number of nitrogens with zero attached hydrogens (tertiary/aromatic N) is 1. The zero-order valence-corrected chi connectivity index (χ0v) is 8.36. The molecule has 0 unspecified atom stereocenters. The molecule has 1 aromatic heterocycles. The van der Waals surface area contributed by atoms with E-state index in [0.29, 0.717) is 5.88 Å². The Labute approximate surface area is 83.7 Å². The van der Waals surface area contributed by atoms with Crippen LogP contribution in [0.1, 0.15) is 24.1 Å². The van der Waals surface area contributed by atoms with Crippen LogP contribution in [0, 0.1) is 12.8 Å². The molecule has 1 aromatic rings. The van der Waals surface area contributed by atoms with Gasteiger partial charge >= 0.3 is 0 Å². The Morgan fingerprint density at radius 1 is 1.50 bits per heavy atom. The maximum absolute atomic E-state index is 8.99. The van der Waals surface area contributed by atoms with Crippen LogP contribution in [0.2, 0.25) is 0 Å². The lowest BCUT2D eigenvalue weighted by molar-refractivity contribution is 0.273. The van der Waals surface area contributed by atoms with Gasteiger partial charge < -0.3 is 9.84 Å². The van der Waals surface area contributed by atoms with E-state index < -0.39 is 0 Å². The molecule has 1 aliphatic rings. The van der Waals surface area contributed by atoms with Crippen molar-refractivity contribution in [3.63, 3.8) is 0 Å². The van der Waals surface area contributed by atoms with Gasteiger partial charge in [0.1, 0.15) is 0 Å². The van der Waals surface area contributed by atoms with Gasteiger partial charge in [0, 0.05) is 11.8 Å². The molecule has 0 aromatic carbocycles. The Hall–Kier alpha value is -1.09. The molecule has 0 atom stereocenters. The molecule has 0 aliphatic heterocycles. The fourth-order valence-corrected chi connectivity index (χ4v) is 1.36. The third kappa shape index (κ3) is 2.45. The Balaban J connectivity index is 2.03. The average molecular weight is 193 g/mol. The second-order valence-electron chi connectivity index (χ2n) is 3.87. The summed E-state index contributed by atoms with van der Waals surface area (Å²) in [5.74, 6) is 1.37. The second-order valence-corrected chi connectivity index (χ2v) is 3.87. The van der Waals surface area contributed by atoms with Crippen LogP contribution in [0.3, 0.4) is 0 Å². The van der Waals surface area contributed by atoms with E-state index in [1.54, 1.807) is 6.07 Å². The molecule has 0 radical (unpaired) electrons. The molecule has 2 rings (SSSR count). The van der Waals surface area contributed by atoms with E-state index in [0.717, 1.165) is 23.8 Å². The number of pyridine rings is 1. The average Bonchev–Trinajstić information content (AvgIpc) is 2.97. The third-order valence-corrected chi connectivity index (χ3v) is 2.34. The zero-order chi connectivity index (χ0) is 9.97. The van der Waals surface area contributed by atoms with Gasteiger partial charge in [0.2, 0.25) is 5.88 Å². The van der Waals surface area contributed by atoms with Gasteiger partial charge in [-0.1, -0.05) is 0 Å². The van der Waals surface area contributed by atoms with Crippen LogP contribution in [0.5, 0.6) is 5.88 Å². The monoisotopic (exact) mass is 193 g/mol. The zero-order valence-electron chi connectivity index (χ0n) is 8.36. The molecule has 0 spiro atoms. The Bertz CT molecular complexity index is 321. The summed E-state index contributed by atoms with van der Waals surface area (Å²) in [6.45, 7) is 2.72. The highest BCUT2D eigenvalue weighted by Crippen LogP contribution is 2.29. The molecule has 1 N–H and O–H groups in total. The van der Waals surface area contributed by atoms with Crippen molar-refractivity contribution in [2.45, 2.75) is 26.4 Å². The van der Waals surface area contributed by atoms with E-state index >= 15 is 0 Å². The number of aromatic nitrogens is 1. The van der Waals surface area contributed by atoms with Crippen molar-refractivity contribution < 1.29 is 9.84 Å². The fourth-order valence-electron chi connectivity index (χ4n) is 1.36. The highest BCUT2D eigenvalue weighted by Gasteiger charge is 2.22. The molecule has 0 bridgehead atoms. The first kappa shape index (κ1) is 9.46. The Kier molecular flexibility index (Phi) is 2.68. The van der Waals surface area contributed by atoms with E-state index in [4.69, 9.17) is 9.84 Å². The molecule has 76 valence electrons. The van der Waals surface area contributed by atoms with Crippen LogP contribution >= 0.6 is 0 Å². The number of rotatable bonds is 4. The third-order valence-electron chi connectivity index (χ3n) is 2.34. The molecule has 3 nitrogen and oxygen atoms in total. The van der Waals surface area contributed by atoms with Gasteiger partial charge in [0.25, 0.3) is 0 Å². The van der Waals surface area contributed by atoms with Crippen molar-refractivity contribution in [3.05, 3.63) is 23.4 Å². The summed E-state index contributed by atoms with van der Waals surface area (Å²) < 4.78 is 5.53. The SMILES string of the molecule is Cc1cc(CO)cc(OCC2CC2)n1. The summed E-state index contributed by atoms with van der Waals surface area (Å²) in [4.78, 5) is 4.25. The van der Waals surface area contributed by atoms with Gasteiger partial charge in [-0.25, -0.2) is 4.98 Å². The summed E-state index contributed by atoms with van der Waals surface area (Å²) in [5, 5.41) is 8.99. The van der Waals surface area contributed by atoms with Crippen LogP contribution < -0.4 is 4.74 Å². The molecule has 1 fully saturated rings. The van der Waals surface area contributed by atoms with E-state index in [9.17, 15) is 0 Å². The first-order valence-corrected chi connectivity index (χ1v) is 4.99. The number of hydrogen-bond acceptors (Lipinski definition) is 3. The maximum atomic E-state index is 8.99. The van der Waals surface area contributed by atoms with Crippen LogP contribution in [-0.4, -0.2) is 16.7 Å². The van der Waals surface area contributed by atoms with Crippen molar-refractivity contribution in [2.75, 3.05) is 6.61 Å². The molecule has 0 amide bonds. The number of ether oxygens (including phenoxy) is 1. The molecule has 1 saturated carbocycles. The smallest absolute Gasteiger partial charge is 0.213 e. The van der Waals surface area contributed by atoms with Crippen molar-refractivity contribution in [1.29, 1.82) is 0 Å². The lowest BCUT2D eigenvalue weighted by Crippen LogP contribution is -2.02. The number of aryl methyl sites for hydroxylation is 1. The molecular weight excluding hydrogens is 178 g/mol. The summed E-state index contributed by atoms with van der Waals surface area (Å²) in [6, 6.07) is 3.67.